The molecular weight excluding hydrogens is 248 g/mol. The predicted octanol–water partition coefficient (Wildman–Crippen LogP) is 5.60. The highest BCUT2D eigenvalue weighted by Gasteiger charge is 2.22. The largest absolute Gasteiger partial charge is 0.0976 e. The third kappa shape index (κ3) is 6.09. The van der Waals surface area contributed by atoms with Gasteiger partial charge in [0.25, 0.3) is 0 Å². The van der Waals surface area contributed by atoms with Crippen LogP contribution in [0.2, 0.25) is 0 Å². The highest BCUT2D eigenvalue weighted by atomic mass is 33.8. The summed E-state index contributed by atoms with van der Waals surface area (Å²) < 4.78 is 0. The topological polar surface area (TPSA) is 0 Å². The third-order valence-electron chi connectivity index (χ3n) is 1.77. The van der Waals surface area contributed by atoms with Crippen LogP contribution in [0, 0.1) is 0 Å². The summed E-state index contributed by atoms with van der Waals surface area (Å²) >= 11 is 0. The maximum atomic E-state index is 2.30. The van der Waals surface area contributed by atoms with Crippen LogP contribution in [0.25, 0.3) is 0 Å². The average molecular weight is 273 g/mol. The lowest BCUT2D eigenvalue weighted by atomic mass is 10.4. The van der Waals surface area contributed by atoms with Gasteiger partial charge in [-0.15, -0.1) is 0 Å². The molecule has 0 aliphatic rings. The summed E-state index contributed by atoms with van der Waals surface area (Å²) in [6, 6.07) is 0. The Morgan fingerprint density at radius 3 is 2.14 bits per heavy atom. The maximum Gasteiger partial charge on any atom is 0.00367 e. The molecule has 0 spiro atoms. The molecule has 14 heavy (non-hydrogen) atoms. The molecule has 0 aliphatic heterocycles. The van der Waals surface area contributed by atoms with Gasteiger partial charge in [-0.05, 0) is 19.1 Å². The first-order valence-corrected chi connectivity index (χ1v) is 11.9. The van der Waals surface area contributed by atoms with Crippen molar-refractivity contribution in [2.24, 2.45) is 0 Å². The molecule has 0 heterocycles. The summed E-state index contributed by atoms with van der Waals surface area (Å²) in [5, 5.41) is 0. The SMILES string of the molecule is CCCCS(SC)(SCC)SCCC. The van der Waals surface area contributed by atoms with E-state index in [0.29, 0.717) is 0 Å². The molecule has 0 aromatic rings. The zero-order valence-electron chi connectivity index (χ0n) is 9.88. The molecule has 0 amide bonds. The summed E-state index contributed by atoms with van der Waals surface area (Å²) in [6.07, 6.45) is 6.36. The first kappa shape index (κ1) is 15.4. The van der Waals surface area contributed by atoms with Crippen LogP contribution < -0.4 is 0 Å². The Morgan fingerprint density at radius 1 is 1.00 bits per heavy atom. The lowest BCUT2D eigenvalue weighted by Crippen LogP contribution is -1.94. The Kier molecular flexibility index (Phi) is 10.6. The molecule has 1 unspecified atom stereocenters. The highest BCUT2D eigenvalue weighted by Crippen LogP contribution is 2.77. The monoisotopic (exact) mass is 272 g/mol. The van der Waals surface area contributed by atoms with Crippen molar-refractivity contribution < 1.29 is 0 Å². The van der Waals surface area contributed by atoms with Crippen molar-refractivity contribution in [1.29, 1.82) is 0 Å². The van der Waals surface area contributed by atoms with Crippen LogP contribution in [0.4, 0.5) is 0 Å². The molecule has 0 aliphatic carbocycles. The van der Waals surface area contributed by atoms with E-state index < -0.39 is 7.12 Å². The molecule has 4 heteroatoms. The van der Waals surface area contributed by atoms with Crippen LogP contribution in [-0.2, 0) is 0 Å². The van der Waals surface area contributed by atoms with Gasteiger partial charge in [0, 0.05) is 17.3 Å². The quantitative estimate of drug-likeness (QED) is 0.502. The van der Waals surface area contributed by atoms with Crippen LogP contribution in [0.3, 0.4) is 0 Å². The minimum atomic E-state index is -0.459. The first-order chi connectivity index (χ1) is 6.74. The van der Waals surface area contributed by atoms with E-state index in [2.05, 4.69) is 59.4 Å². The molecule has 0 rings (SSSR count). The molecule has 88 valence electrons. The predicted molar refractivity (Wildman–Crippen MR) is 81.8 cm³/mol. The molecule has 0 aromatic heterocycles. The van der Waals surface area contributed by atoms with E-state index in [9.17, 15) is 0 Å². The van der Waals surface area contributed by atoms with E-state index in [1.165, 1.54) is 36.5 Å². The first-order valence-electron chi connectivity index (χ1n) is 5.40. The maximum absolute atomic E-state index is 2.30. The zero-order chi connectivity index (χ0) is 10.9. The summed E-state index contributed by atoms with van der Waals surface area (Å²) in [7, 11) is 6.13. The summed E-state index contributed by atoms with van der Waals surface area (Å²) in [5.41, 5.74) is 0. The molecule has 1 atom stereocenters. The van der Waals surface area contributed by atoms with Crippen LogP contribution in [0.15, 0.2) is 0 Å². The Bertz CT molecular complexity index is 119. The second-order valence-corrected chi connectivity index (χ2v) is 15.8. The lowest BCUT2D eigenvalue weighted by Gasteiger charge is -2.35. The molecule has 0 bridgehead atoms. The van der Waals surface area contributed by atoms with Crippen LogP contribution >= 0.6 is 39.5 Å². The number of rotatable bonds is 9. The number of unbranched alkanes of at least 4 members (excludes halogenated alkanes) is 1. The van der Waals surface area contributed by atoms with Gasteiger partial charge in [0.15, 0.2) is 0 Å². The van der Waals surface area contributed by atoms with E-state index in [-0.39, 0.29) is 0 Å². The molecule has 0 saturated heterocycles. The van der Waals surface area contributed by atoms with Crippen molar-refractivity contribution in [3.8, 4) is 0 Å². The summed E-state index contributed by atoms with van der Waals surface area (Å²) in [6.45, 7) is 6.88. The molecule has 0 N–H and O–H groups in total. The van der Waals surface area contributed by atoms with Gasteiger partial charge in [0.1, 0.15) is 0 Å². The number of hydrogen-bond donors (Lipinski definition) is 0. The molecule has 0 aromatic carbocycles. The smallest absolute Gasteiger partial charge is 0.00367 e. The normalized spacial score (nSPS) is 17.7. The van der Waals surface area contributed by atoms with Gasteiger partial charge in [0.2, 0.25) is 0 Å². The van der Waals surface area contributed by atoms with Crippen molar-refractivity contribution in [2.75, 3.05) is 23.5 Å². The molecular formula is C10H24S4. The van der Waals surface area contributed by atoms with E-state index in [0.717, 1.165) is 0 Å². The van der Waals surface area contributed by atoms with E-state index >= 15 is 0 Å². The standard InChI is InChI=1S/C10H24S4/c1-5-8-10-14(11-4,12-7-3)13-9-6-2/h5-10H2,1-4H3. The molecule has 0 fully saturated rings. The van der Waals surface area contributed by atoms with Gasteiger partial charge in [-0.1, -0.05) is 66.7 Å². The Hall–Kier alpha value is 1.40. The summed E-state index contributed by atoms with van der Waals surface area (Å²) in [5.74, 6) is 4.05. The van der Waals surface area contributed by atoms with E-state index in [1.54, 1.807) is 0 Å². The Morgan fingerprint density at radius 2 is 1.71 bits per heavy atom. The minimum absolute atomic E-state index is 0.459. The zero-order valence-corrected chi connectivity index (χ0v) is 13.1. The van der Waals surface area contributed by atoms with Crippen LogP contribution in [0.1, 0.15) is 40.0 Å². The van der Waals surface area contributed by atoms with Crippen LogP contribution in [0.5, 0.6) is 0 Å². The second kappa shape index (κ2) is 9.61. The van der Waals surface area contributed by atoms with Gasteiger partial charge >= 0.3 is 0 Å². The average Bonchev–Trinajstić information content (AvgIpc) is 2.22. The minimum Gasteiger partial charge on any atom is -0.0976 e. The fraction of sp³-hybridized carbons (Fsp3) is 1.00. The van der Waals surface area contributed by atoms with Crippen molar-refractivity contribution >= 4 is 39.5 Å². The van der Waals surface area contributed by atoms with Crippen molar-refractivity contribution in [1.82, 2.24) is 0 Å². The van der Waals surface area contributed by atoms with E-state index in [1.807, 2.05) is 0 Å². The van der Waals surface area contributed by atoms with Gasteiger partial charge in [-0.2, -0.15) is 0 Å². The third-order valence-corrected chi connectivity index (χ3v) is 16.9. The van der Waals surface area contributed by atoms with Gasteiger partial charge < -0.3 is 0 Å². The van der Waals surface area contributed by atoms with Gasteiger partial charge in [-0.25, -0.2) is 0 Å². The van der Waals surface area contributed by atoms with E-state index in [4.69, 9.17) is 0 Å². The lowest BCUT2D eigenvalue weighted by molar-refractivity contribution is 0.897. The molecule has 0 nitrogen and oxygen atoms in total. The molecule has 0 radical (unpaired) electrons. The van der Waals surface area contributed by atoms with Crippen molar-refractivity contribution in [3.63, 3.8) is 0 Å². The van der Waals surface area contributed by atoms with Crippen LogP contribution in [-0.4, -0.2) is 23.5 Å². The number of hydrogen-bond acceptors (Lipinski definition) is 3. The molecule has 0 saturated carbocycles. The Balaban J connectivity index is 4.11. The summed E-state index contributed by atoms with van der Waals surface area (Å²) in [4.78, 5) is 0. The highest BCUT2D eigenvalue weighted by molar-refractivity contribution is 9.48. The Labute approximate surface area is 103 Å². The fourth-order valence-electron chi connectivity index (χ4n) is 1.04. The van der Waals surface area contributed by atoms with Crippen molar-refractivity contribution in [2.45, 2.75) is 40.0 Å². The fourth-order valence-corrected chi connectivity index (χ4v) is 13.8. The van der Waals surface area contributed by atoms with Crippen molar-refractivity contribution in [3.05, 3.63) is 0 Å². The van der Waals surface area contributed by atoms with Gasteiger partial charge in [-0.3, -0.25) is 0 Å². The van der Waals surface area contributed by atoms with Gasteiger partial charge in [0.05, 0.1) is 0 Å². The second-order valence-electron chi connectivity index (χ2n) is 3.01.